The molecule has 3 aromatic rings. The van der Waals surface area contributed by atoms with Crippen molar-refractivity contribution in [3.63, 3.8) is 0 Å². The van der Waals surface area contributed by atoms with Crippen LogP contribution >= 0.6 is 11.3 Å². The van der Waals surface area contributed by atoms with Gasteiger partial charge in [-0.2, -0.15) is 0 Å². The number of fused-ring (bicyclic) bond motifs is 1. The molecule has 10 nitrogen and oxygen atoms in total. The number of nitrogens with one attached hydrogen (secondary N) is 1. The lowest BCUT2D eigenvalue weighted by Crippen LogP contribution is -2.43. The fraction of sp³-hybridized carbons (Fsp3) is 0.348. The van der Waals surface area contributed by atoms with Gasteiger partial charge >= 0.3 is 5.97 Å². The van der Waals surface area contributed by atoms with Crippen LogP contribution in [-0.4, -0.2) is 65.1 Å². The van der Waals surface area contributed by atoms with E-state index in [2.05, 4.69) is 10.3 Å². The molecule has 1 N–H and O–H groups in total. The Labute approximate surface area is 199 Å². The van der Waals surface area contributed by atoms with E-state index in [0.29, 0.717) is 52.6 Å². The molecule has 1 saturated heterocycles. The van der Waals surface area contributed by atoms with Crippen molar-refractivity contribution in [1.29, 1.82) is 0 Å². The van der Waals surface area contributed by atoms with E-state index in [9.17, 15) is 19.2 Å². The molecule has 0 spiro atoms. The van der Waals surface area contributed by atoms with E-state index in [0.717, 1.165) is 11.3 Å². The Kier molecular flexibility index (Phi) is 7.03. The van der Waals surface area contributed by atoms with Crippen LogP contribution < -0.4 is 10.9 Å². The van der Waals surface area contributed by atoms with E-state index in [1.165, 1.54) is 10.9 Å². The number of aromatic nitrogens is 2. The van der Waals surface area contributed by atoms with E-state index in [1.807, 2.05) is 0 Å². The Morgan fingerprint density at radius 3 is 2.68 bits per heavy atom. The third kappa shape index (κ3) is 4.70. The highest BCUT2D eigenvalue weighted by molar-refractivity contribution is 7.20. The van der Waals surface area contributed by atoms with Gasteiger partial charge in [-0.1, -0.05) is 12.1 Å². The topological polar surface area (TPSA) is 120 Å². The van der Waals surface area contributed by atoms with Gasteiger partial charge in [0.25, 0.3) is 11.5 Å². The summed E-state index contributed by atoms with van der Waals surface area (Å²) in [5, 5.41) is 3.04. The fourth-order valence-corrected chi connectivity index (χ4v) is 4.74. The highest BCUT2D eigenvalue weighted by Crippen LogP contribution is 2.28. The molecular weight excluding hydrogens is 460 g/mol. The summed E-state index contributed by atoms with van der Waals surface area (Å²) in [6.45, 7) is 5.36. The Bertz CT molecular complexity index is 1310. The summed E-state index contributed by atoms with van der Waals surface area (Å²) in [5.74, 6) is -1.19. The van der Waals surface area contributed by atoms with Gasteiger partial charge in [-0.05, 0) is 31.5 Å². The molecule has 2 aromatic heterocycles. The summed E-state index contributed by atoms with van der Waals surface area (Å²) in [6.07, 6.45) is 1.33. The molecule has 34 heavy (non-hydrogen) atoms. The maximum absolute atomic E-state index is 13.1. The number of amides is 2. The van der Waals surface area contributed by atoms with Gasteiger partial charge in [0.1, 0.15) is 11.4 Å². The second-order valence-electron chi connectivity index (χ2n) is 7.63. The zero-order valence-electron chi connectivity index (χ0n) is 18.8. The molecule has 0 atom stereocenters. The summed E-state index contributed by atoms with van der Waals surface area (Å²) in [4.78, 5) is 57.6. The second-order valence-corrected chi connectivity index (χ2v) is 8.63. The standard InChI is InChI=1S/C23H24N4O6S/c1-3-33-23(31)15-6-4-5-7-16(15)25-20(29)19-14(2)18-21(34-19)24-13-27(22(18)30)12-17(28)26-8-10-32-11-9-26/h4-7,13H,3,8-12H2,1-2H3,(H,25,29). The molecule has 0 unspecified atom stereocenters. The molecule has 0 aliphatic carbocycles. The van der Waals surface area contributed by atoms with Crippen molar-refractivity contribution in [1.82, 2.24) is 14.5 Å². The van der Waals surface area contributed by atoms with Gasteiger partial charge in [-0.3, -0.25) is 19.0 Å². The van der Waals surface area contributed by atoms with Crippen LogP contribution in [0, 0.1) is 6.92 Å². The zero-order chi connectivity index (χ0) is 24.2. The van der Waals surface area contributed by atoms with Crippen molar-refractivity contribution in [2.75, 3.05) is 38.2 Å². The summed E-state index contributed by atoms with van der Waals surface area (Å²) < 4.78 is 11.6. The molecule has 0 radical (unpaired) electrons. The Morgan fingerprint density at radius 2 is 1.94 bits per heavy atom. The molecule has 3 heterocycles. The summed E-state index contributed by atoms with van der Waals surface area (Å²) in [5.41, 5.74) is 0.631. The molecule has 4 rings (SSSR count). The monoisotopic (exact) mass is 484 g/mol. The molecule has 1 aliphatic rings. The van der Waals surface area contributed by atoms with Gasteiger partial charge in [0.2, 0.25) is 5.91 Å². The Morgan fingerprint density at radius 1 is 1.21 bits per heavy atom. The SMILES string of the molecule is CCOC(=O)c1ccccc1NC(=O)c1sc2ncn(CC(=O)N3CCOCC3)c(=O)c2c1C. The van der Waals surface area contributed by atoms with E-state index in [4.69, 9.17) is 9.47 Å². The van der Waals surface area contributed by atoms with Gasteiger partial charge in [0, 0.05) is 13.1 Å². The highest BCUT2D eigenvalue weighted by Gasteiger charge is 2.23. The molecule has 0 bridgehead atoms. The van der Waals surface area contributed by atoms with Gasteiger partial charge in [-0.15, -0.1) is 11.3 Å². The molecule has 1 aromatic carbocycles. The lowest BCUT2D eigenvalue weighted by atomic mass is 10.1. The van der Waals surface area contributed by atoms with Crippen molar-refractivity contribution >= 4 is 45.0 Å². The number of morpholine rings is 1. The van der Waals surface area contributed by atoms with Gasteiger partial charge < -0.3 is 19.7 Å². The second kappa shape index (κ2) is 10.1. The number of benzene rings is 1. The molecule has 0 saturated carbocycles. The quantitative estimate of drug-likeness (QED) is 0.532. The normalized spacial score (nSPS) is 13.6. The first-order valence-corrected chi connectivity index (χ1v) is 11.6. The van der Waals surface area contributed by atoms with Gasteiger partial charge in [0.15, 0.2) is 0 Å². The average molecular weight is 485 g/mol. The molecular formula is C23H24N4O6S. The number of esters is 1. The number of carbonyl (C=O) groups is 3. The van der Waals surface area contributed by atoms with E-state index >= 15 is 0 Å². The third-order valence-electron chi connectivity index (χ3n) is 5.46. The van der Waals surface area contributed by atoms with Crippen molar-refractivity contribution in [3.8, 4) is 0 Å². The predicted octanol–water partition coefficient (Wildman–Crippen LogP) is 2.05. The van der Waals surface area contributed by atoms with Crippen LogP contribution in [0.1, 0.15) is 32.5 Å². The minimum Gasteiger partial charge on any atom is -0.462 e. The van der Waals surface area contributed by atoms with Crippen molar-refractivity contribution in [2.24, 2.45) is 0 Å². The predicted molar refractivity (Wildman–Crippen MR) is 126 cm³/mol. The highest BCUT2D eigenvalue weighted by atomic mass is 32.1. The number of nitrogens with zero attached hydrogens (tertiary/aromatic N) is 3. The lowest BCUT2D eigenvalue weighted by molar-refractivity contribution is -0.135. The number of aryl methyl sites for hydroxylation is 1. The van der Waals surface area contributed by atoms with Crippen LogP contribution in [-0.2, 0) is 20.8 Å². The van der Waals surface area contributed by atoms with Crippen LogP contribution in [0.4, 0.5) is 5.69 Å². The summed E-state index contributed by atoms with van der Waals surface area (Å²) in [7, 11) is 0. The number of anilines is 1. The summed E-state index contributed by atoms with van der Waals surface area (Å²) in [6, 6.07) is 6.55. The molecule has 1 aliphatic heterocycles. The van der Waals surface area contributed by atoms with Crippen LogP contribution in [0.15, 0.2) is 35.4 Å². The fourth-order valence-electron chi connectivity index (χ4n) is 3.70. The minimum atomic E-state index is -0.541. The van der Waals surface area contributed by atoms with Crippen LogP contribution in [0.25, 0.3) is 10.2 Å². The number of hydrogen-bond acceptors (Lipinski definition) is 8. The molecule has 11 heteroatoms. The van der Waals surface area contributed by atoms with Crippen LogP contribution in [0.3, 0.4) is 0 Å². The number of hydrogen-bond donors (Lipinski definition) is 1. The van der Waals surface area contributed by atoms with Gasteiger partial charge in [-0.25, -0.2) is 9.78 Å². The average Bonchev–Trinajstić information content (AvgIpc) is 3.19. The maximum Gasteiger partial charge on any atom is 0.340 e. The molecule has 178 valence electrons. The summed E-state index contributed by atoms with van der Waals surface area (Å²) >= 11 is 1.08. The van der Waals surface area contributed by atoms with Crippen molar-refractivity contribution < 1.29 is 23.9 Å². The number of ether oxygens (including phenoxy) is 2. The molecule has 1 fully saturated rings. The number of carbonyl (C=O) groups excluding carboxylic acids is 3. The van der Waals surface area contributed by atoms with E-state index in [-0.39, 0.29) is 30.2 Å². The van der Waals surface area contributed by atoms with Gasteiger partial charge in [0.05, 0.1) is 47.7 Å². The van der Waals surface area contributed by atoms with E-state index in [1.54, 1.807) is 43.0 Å². The first-order chi connectivity index (χ1) is 16.4. The minimum absolute atomic E-state index is 0.133. The molecule has 2 amide bonds. The zero-order valence-corrected chi connectivity index (χ0v) is 19.6. The van der Waals surface area contributed by atoms with Crippen LogP contribution in [0.5, 0.6) is 0 Å². The van der Waals surface area contributed by atoms with Crippen molar-refractivity contribution in [3.05, 3.63) is 57.0 Å². The van der Waals surface area contributed by atoms with E-state index < -0.39 is 11.9 Å². The Balaban J connectivity index is 1.60. The third-order valence-corrected chi connectivity index (χ3v) is 6.66. The largest absolute Gasteiger partial charge is 0.462 e. The maximum atomic E-state index is 13.1. The smallest absolute Gasteiger partial charge is 0.340 e. The number of rotatable bonds is 6. The van der Waals surface area contributed by atoms with Crippen LogP contribution in [0.2, 0.25) is 0 Å². The lowest BCUT2D eigenvalue weighted by Gasteiger charge is -2.26. The first kappa shape index (κ1) is 23.6. The first-order valence-electron chi connectivity index (χ1n) is 10.8. The number of para-hydroxylation sites is 1. The van der Waals surface area contributed by atoms with Crippen molar-refractivity contribution in [2.45, 2.75) is 20.4 Å². The number of thiophene rings is 1. The Hall–Kier alpha value is -3.57.